The maximum atomic E-state index is 10.5. The van der Waals surface area contributed by atoms with Gasteiger partial charge in [-0.15, -0.1) is 0 Å². The SMILES string of the molecule is O=C(O)[C@H]1[C@@H]2CCCC[C@@H]21. The Labute approximate surface area is 60.2 Å². The minimum Gasteiger partial charge on any atom is -0.481 e. The quantitative estimate of drug-likeness (QED) is 0.599. The molecule has 2 heteroatoms. The van der Waals surface area contributed by atoms with E-state index in [1.165, 1.54) is 25.7 Å². The molecule has 0 aromatic carbocycles. The summed E-state index contributed by atoms with van der Waals surface area (Å²) in [6.07, 6.45) is 4.85. The van der Waals surface area contributed by atoms with Crippen LogP contribution in [0.2, 0.25) is 0 Å². The van der Waals surface area contributed by atoms with Crippen molar-refractivity contribution in [3.63, 3.8) is 0 Å². The van der Waals surface area contributed by atoms with Crippen LogP contribution in [0.25, 0.3) is 0 Å². The van der Waals surface area contributed by atoms with Gasteiger partial charge in [0.05, 0.1) is 5.92 Å². The van der Waals surface area contributed by atoms with Gasteiger partial charge in [-0.3, -0.25) is 4.79 Å². The molecule has 0 aromatic heterocycles. The molecule has 0 aliphatic heterocycles. The van der Waals surface area contributed by atoms with Crippen LogP contribution in [0, 0.1) is 17.8 Å². The molecule has 2 rings (SSSR count). The average molecular weight is 140 g/mol. The van der Waals surface area contributed by atoms with Crippen LogP contribution in [-0.2, 0) is 4.79 Å². The van der Waals surface area contributed by atoms with Gasteiger partial charge in [-0.25, -0.2) is 0 Å². The number of rotatable bonds is 1. The second kappa shape index (κ2) is 1.97. The number of carboxylic acids is 1. The smallest absolute Gasteiger partial charge is 0.307 e. The molecule has 0 saturated heterocycles. The van der Waals surface area contributed by atoms with E-state index >= 15 is 0 Å². The van der Waals surface area contributed by atoms with Gasteiger partial charge in [-0.1, -0.05) is 12.8 Å². The largest absolute Gasteiger partial charge is 0.481 e. The van der Waals surface area contributed by atoms with E-state index in [4.69, 9.17) is 5.11 Å². The standard InChI is InChI=1S/C8H12O2/c9-8(10)7-5-3-1-2-4-6(5)7/h5-7H,1-4H2,(H,9,10)/t5-,6+,7+. The van der Waals surface area contributed by atoms with Gasteiger partial charge < -0.3 is 5.11 Å². The molecule has 1 N–H and O–H groups in total. The summed E-state index contributed by atoms with van der Waals surface area (Å²) in [4.78, 5) is 10.5. The molecular weight excluding hydrogens is 128 g/mol. The molecule has 0 bridgehead atoms. The van der Waals surface area contributed by atoms with E-state index in [2.05, 4.69) is 0 Å². The maximum Gasteiger partial charge on any atom is 0.307 e. The number of hydrogen-bond donors (Lipinski definition) is 1. The first-order chi connectivity index (χ1) is 4.80. The van der Waals surface area contributed by atoms with Crippen LogP contribution in [0.5, 0.6) is 0 Å². The van der Waals surface area contributed by atoms with E-state index in [-0.39, 0.29) is 5.92 Å². The van der Waals surface area contributed by atoms with E-state index in [0.717, 1.165) is 0 Å². The fourth-order valence-electron chi connectivity index (χ4n) is 2.36. The highest BCUT2D eigenvalue weighted by Crippen LogP contribution is 2.55. The maximum absolute atomic E-state index is 10.5. The normalized spacial score (nSPS) is 44.2. The van der Waals surface area contributed by atoms with Gasteiger partial charge in [-0.05, 0) is 24.7 Å². The third-order valence-electron chi connectivity index (χ3n) is 2.94. The fourth-order valence-corrected chi connectivity index (χ4v) is 2.36. The molecule has 2 aliphatic rings. The molecule has 0 radical (unpaired) electrons. The van der Waals surface area contributed by atoms with Gasteiger partial charge >= 0.3 is 5.97 Å². The summed E-state index contributed by atoms with van der Waals surface area (Å²) in [5.41, 5.74) is 0. The summed E-state index contributed by atoms with van der Waals surface area (Å²) in [5, 5.41) is 8.68. The van der Waals surface area contributed by atoms with Crippen LogP contribution in [0.3, 0.4) is 0 Å². The van der Waals surface area contributed by atoms with Crippen LogP contribution < -0.4 is 0 Å². The van der Waals surface area contributed by atoms with Crippen molar-refractivity contribution in [2.75, 3.05) is 0 Å². The lowest BCUT2D eigenvalue weighted by atomic mass is 10.0. The lowest BCUT2D eigenvalue weighted by Gasteiger charge is -2.04. The molecule has 2 fully saturated rings. The van der Waals surface area contributed by atoms with Crippen LogP contribution in [0.15, 0.2) is 0 Å². The zero-order chi connectivity index (χ0) is 7.14. The first kappa shape index (κ1) is 6.20. The number of carbonyl (C=O) groups is 1. The van der Waals surface area contributed by atoms with Crippen molar-refractivity contribution in [2.45, 2.75) is 25.7 Å². The van der Waals surface area contributed by atoms with Crippen LogP contribution in [0.1, 0.15) is 25.7 Å². The van der Waals surface area contributed by atoms with Crippen molar-refractivity contribution in [2.24, 2.45) is 17.8 Å². The first-order valence-corrected chi connectivity index (χ1v) is 4.03. The molecule has 0 unspecified atom stereocenters. The van der Waals surface area contributed by atoms with Gasteiger partial charge in [0.2, 0.25) is 0 Å². The Morgan fingerprint density at radius 1 is 1.20 bits per heavy atom. The van der Waals surface area contributed by atoms with Crippen molar-refractivity contribution in [3.05, 3.63) is 0 Å². The fraction of sp³-hybridized carbons (Fsp3) is 0.875. The topological polar surface area (TPSA) is 37.3 Å². The summed E-state index contributed by atoms with van der Waals surface area (Å²) < 4.78 is 0. The molecule has 0 heterocycles. The summed E-state index contributed by atoms with van der Waals surface area (Å²) in [6.45, 7) is 0. The predicted octanol–water partition coefficient (Wildman–Crippen LogP) is 1.51. The van der Waals surface area contributed by atoms with Crippen LogP contribution in [-0.4, -0.2) is 11.1 Å². The van der Waals surface area contributed by atoms with Crippen molar-refractivity contribution in [1.82, 2.24) is 0 Å². The second-order valence-electron chi connectivity index (χ2n) is 3.48. The Bertz CT molecular complexity index is 153. The Morgan fingerprint density at radius 3 is 2.10 bits per heavy atom. The lowest BCUT2D eigenvalue weighted by molar-refractivity contribution is -0.139. The van der Waals surface area contributed by atoms with Gasteiger partial charge in [0.1, 0.15) is 0 Å². The molecule has 2 nitrogen and oxygen atoms in total. The van der Waals surface area contributed by atoms with Crippen molar-refractivity contribution < 1.29 is 9.90 Å². The van der Waals surface area contributed by atoms with E-state index in [1.807, 2.05) is 0 Å². The highest BCUT2D eigenvalue weighted by Gasteiger charge is 2.54. The van der Waals surface area contributed by atoms with Crippen molar-refractivity contribution in [3.8, 4) is 0 Å². The summed E-state index contributed by atoms with van der Waals surface area (Å²) >= 11 is 0. The summed E-state index contributed by atoms with van der Waals surface area (Å²) in [5.74, 6) is 0.608. The molecule has 0 amide bonds. The molecule has 3 atom stereocenters. The van der Waals surface area contributed by atoms with Gasteiger partial charge in [0.25, 0.3) is 0 Å². The predicted molar refractivity (Wildman–Crippen MR) is 36.6 cm³/mol. The van der Waals surface area contributed by atoms with Crippen LogP contribution >= 0.6 is 0 Å². The zero-order valence-electron chi connectivity index (χ0n) is 5.92. The molecule has 56 valence electrons. The third-order valence-corrected chi connectivity index (χ3v) is 2.94. The van der Waals surface area contributed by atoms with Gasteiger partial charge in [0, 0.05) is 0 Å². The zero-order valence-corrected chi connectivity index (χ0v) is 5.92. The van der Waals surface area contributed by atoms with E-state index in [0.29, 0.717) is 11.8 Å². The van der Waals surface area contributed by atoms with Crippen molar-refractivity contribution in [1.29, 1.82) is 0 Å². The summed E-state index contributed by atoms with van der Waals surface area (Å²) in [7, 11) is 0. The molecule has 10 heavy (non-hydrogen) atoms. The first-order valence-electron chi connectivity index (χ1n) is 4.03. The number of aliphatic carboxylic acids is 1. The number of fused-ring (bicyclic) bond motifs is 1. The number of hydrogen-bond acceptors (Lipinski definition) is 1. The van der Waals surface area contributed by atoms with Crippen molar-refractivity contribution >= 4 is 5.97 Å². The molecule has 2 aliphatic carbocycles. The number of carboxylic acid groups (broad SMARTS) is 1. The Morgan fingerprint density at radius 2 is 1.70 bits per heavy atom. The van der Waals surface area contributed by atoms with Crippen LogP contribution in [0.4, 0.5) is 0 Å². The molecular formula is C8H12O2. The van der Waals surface area contributed by atoms with E-state index in [9.17, 15) is 4.79 Å². The Kier molecular flexibility index (Phi) is 1.22. The summed E-state index contributed by atoms with van der Waals surface area (Å²) in [6, 6.07) is 0. The molecule has 2 saturated carbocycles. The minimum atomic E-state index is -0.558. The molecule has 0 aromatic rings. The van der Waals surface area contributed by atoms with Gasteiger partial charge in [-0.2, -0.15) is 0 Å². The van der Waals surface area contributed by atoms with E-state index in [1.54, 1.807) is 0 Å². The van der Waals surface area contributed by atoms with E-state index < -0.39 is 5.97 Å². The highest BCUT2D eigenvalue weighted by molar-refractivity contribution is 5.74. The highest BCUT2D eigenvalue weighted by atomic mass is 16.4. The second-order valence-corrected chi connectivity index (χ2v) is 3.48. The Hall–Kier alpha value is -0.530. The third kappa shape index (κ3) is 0.746. The van der Waals surface area contributed by atoms with Gasteiger partial charge in [0.15, 0.2) is 0 Å². The monoisotopic (exact) mass is 140 g/mol. The Balaban J connectivity index is 1.99. The average Bonchev–Trinajstić information content (AvgIpc) is 2.60. The lowest BCUT2D eigenvalue weighted by Crippen LogP contribution is -1.99. The minimum absolute atomic E-state index is 0.0440. The molecule has 0 spiro atoms.